The number of carboxylic acids is 1. The van der Waals surface area contributed by atoms with E-state index in [0.29, 0.717) is 11.6 Å². The summed E-state index contributed by atoms with van der Waals surface area (Å²) in [6.07, 6.45) is 4.60. The fraction of sp³-hybridized carbons (Fsp3) is 0.273. The van der Waals surface area contributed by atoms with Gasteiger partial charge >= 0.3 is 5.97 Å². The summed E-state index contributed by atoms with van der Waals surface area (Å²) in [6, 6.07) is 1.69. The number of carboxylic acid groups (broad SMARTS) is 1. The van der Waals surface area contributed by atoms with Gasteiger partial charge in [-0.1, -0.05) is 13.8 Å². The molecular formula is C11H12N4O2. The van der Waals surface area contributed by atoms with Gasteiger partial charge in [0.1, 0.15) is 5.56 Å². The van der Waals surface area contributed by atoms with Crippen molar-refractivity contribution < 1.29 is 9.90 Å². The first-order chi connectivity index (χ1) is 8.09. The van der Waals surface area contributed by atoms with Crippen LogP contribution in [-0.4, -0.2) is 30.8 Å². The standard InChI is InChI=1S/C11H12N4O2/c1-7(2)9-8(10(16)17)6-15(14-9)11-12-4-3-5-13-11/h3-7H,1-2H3,(H,16,17). The molecule has 2 aromatic rings. The Kier molecular flexibility index (Phi) is 2.86. The molecule has 6 heteroatoms. The first kappa shape index (κ1) is 11.3. The lowest BCUT2D eigenvalue weighted by Gasteiger charge is -2.00. The van der Waals surface area contributed by atoms with E-state index in [1.165, 1.54) is 10.9 Å². The smallest absolute Gasteiger partial charge is 0.339 e. The van der Waals surface area contributed by atoms with Crippen LogP contribution in [0.15, 0.2) is 24.7 Å². The molecule has 6 nitrogen and oxygen atoms in total. The number of carbonyl (C=O) groups is 1. The van der Waals surface area contributed by atoms with Gasteiger partial charge in [-0.05, 0) is 12.0 Å². The van der Waals surface area contributed by atoms with Crippen LogP contribution >= 0.6 is 0 Å². The molecule has 0 spiro atoms. The van der Waals surface area contributed by atoms with E-state index in [0.717, 1.165) is 0 Å². The second-order valence-corrected chi connectivity index (χ2v) is 3.88. The molecular weight excluding hydrogens is 220 g/mol. The molecule has 0 aliphatic carbocycles. The summed E-state index contributed by atoms with van der Waals surface area (Å²) in [5, 5.41) is 13.3. The highest BCUT2D eigenvalue weighted by atomic mass is 16.4. The minimum atomic E-state index is -0.990. The molecule has 2 heterocycles. The van der Waals surface area contributed by atoms with Crippen LogP contribution in [0.25, 0.3) is 5.95 Å². The number of aromatic nitrogens is 4. The maximum absolute atomic E-state index is 11.1. The molecule has 0 aromatic carbocycles. The van der Waals surface area contributed by atoms with E-state index in [4.69, 9.17) is 5.11 Å². The average molecular weight is 232 g/mol. The van der Waals surface area contributed by atoms with Crippen LogP contribution < -0.4 is 0 Å². The predicted molar refractivity (Wildman–Crippen MR) is 60.2 cm³/mol. The molecule has 0 bridgehead atoms. The van der Waals surface area contributed by atoms with E-state index in [1.807, 2.05) is 13.8 Å². The number of nitrogens with zero attached hydrogens (tertiary/aromatic N) is 4. The van der Waals surface area contributed by atoms with Crippen molar-refractivity contribution in [3.8, 4) is 5.95 Å². The molecule has 0 aliphatic rings. The lowest BCUT2D eigenvalue weighted by atomic mass is 10.1. The molecule has 17 heavy (non-hydrogen) atoms. The minimum Gasteiger partial charge on any atom is -0.478 e. The molecule has 0 unspecified atom stereocenters. The summed E-state index contributed by atoms with van der Waals surface area (Å²) in [4.78, 5) is 19.1. The van der Waals surface area contributed by atoms with Crippen molar-refractivity contribution in [2.45, 2.75) is 19.8 Å². The fourth-order valence-electron chi connectivity index (χ4n) is 1.49. The lowest BCUT2D eigenvalue weighted by molar-refractivity contribution is 0.0695. The normalized spacial score (nSPS) is 10.8. The lowest BCUT2D eigenvalue weighted by Crippen LogP contribution is -2.02. The van der Waals surface area contributed by atoms with Crippen molar-refractivity contribution in [3.05, 3.63) is 35.9 Å². The Hall–Kier alpha value is -2.24. The first-order valence-electron chi connectivity index (χ1n) is 5.20. The summed E-state index contributed by atoms with van der Waals surface area (Å²) in [7, 11) is 0. The zero-order valence-corrected chi connectivity index (χ0v) is 9.53. The summed E-state index contributed by atoms with van der Waals surface area (Å²) >= 11 is 0. The molecule has 0 atom stereocenters. The van der Waals surface area contributed by atoms with E-state index < -0.39 is 5.97 Å². The Bertz CT molecular complexity index is 534. The topological polar surface area (TPSA) is 80.9 Å². The zero-order chi connectivity index (χ0) is 12.4. The third kappa shape index (κ3) is 2.15. The largest absolute Gasteiger partial charge is 0.478 e. The van der Waals surface area contributed by atoms with Crippen molar-refractivity contribution in [2.75, 3.05) is 0 Å². The Labute approximate surface area is 98.0 Å². The van der Waals surface area contributed by atoms with Gasteiger partial charge in [0.2, 0.25) is 5.95 Å². The molecule has 0 saturated heterocycles. The van der Waals surface area contributed by atoms with Gasteiger partial charge in [0.15, 0.2) is 0 Å². The monoisotopic (exact) mass is 232 g/mol. The van der Waals surface area contributed by atoms with Gasteiger partial charge in [-0.25, -0.2) is 19.4 Å². The Morgan fingerprint density at radius 3 is 2.47 bits per heavy atom. The summed E-state index contributed by atoms with van der Waals surface area (Å²) in [5.74, 6) is -0.594. The Balaban J connectivity index is 2.51. The van der Waals surface area contributed by atoms with Crippen LogP contribution in [-0.2, 0) is 0 Å². The molecule has 0 fully saturated rings. The second kappa shape index (κ2) is 4.32. The molecule has 1 N–H and O–H groups in total. The highest BCUT2D eigenvalue weighted by molar-refractivity contribution is 5.88. The van der Waals surface area contributed by atoms with Gasteiger partial charge in [-0.2, -0.15) is 5.10 Å². The van der Waals surface area contributed by atoms with Crippen LogP contribution in [0.2, 0.25) is 0 Å². The predicted octanol–water partition coefficient (Wildman–Crippen LogP) is 1.48. The van der Waals surface area contributed by atoms with Crippen molar-refractivity contribution in [1.29, 1.82) is 0 Å². The van der Waals surface area contributed by atoms with Gasteiger partial charge in [0.25, 0.3) is 0 Å². The number of aromatic carboxylic acids is 1. The van der Waals surface area contributed by atoms with E-state index in [9.17, 15) is 4.79 Å². The van der Waals surface area contributed by atoms with Gasteiger partial charge in [-0.3, -0.25) is 0 Å². The van der Waals surface area contributed by atoms with E-state index in [2.05, 4.69) is 15.1 Å². The van der Waals surface area contributed by atoms with Crippen LogP contribution in [0, 0.1) is 0 Å². The number of hydrogen-bond acceptors (Lipinski definition) is 4. The second-order valence-electron chi connectivity index (χ2n) is 3.88. The SMILES string of the molecule is CC(C)c1nn(-c2ncccn2)cc1C(=O)O. The van der Waals surface area contributed by atoms with E-state index in [1.54, 1.807) is 18.5 Å². The van der Waals surface area contributed by atoms with Crippen molar-refractivity contribution in [2.24, 2.45) is 0 Å². The van der Waals surface area contributed by atoms with Crippen LogP contribution in [0.4, 0.5) is 0 Å². The van der Waals surface area contributed by atoms with Gasteiger partial charge in [-0.15, -0.1) is 0 Å². The van der Waals surface area contributed by atoms with E-state index in [-0.39, 0.29) is 11.5 Å². The molecule has 0 aliphatic heterocycles. The molecule has 2 rings (SSSR count). The average Bonchev–Trinajstić information content (AvgIpc) is 2.75. The maximum atomic E-state index is 11.1. The zero-order valence-electron chi connectivity index (χ0n) is 9.53. The molecule has 0 amide bonds. The quantitative estimate of drug-likeness (QED) is 0.866. The Morgan fingerprint density at radius 1 is 1.35 bits per heavy atom. The van der Waals surface area contributed by atoms with Crippen molar-refractivity contribution in [1.82, 2.24) is 19.7 Å². The maximum Gasteiger partial charge on any atom is 0.339 e. The highest BCUT2D eigenvalue weighted by Crippen LogP contribution is 2.18. The Morgan fingerprint density at radius 2 is 2.00 bits per heavy atom. The molecule has 0 radical (unpaired) electrons. The number of hydrogen-bond donors (Lipinski definition) is 1. The summed E-state index contributed by atoms with van der Waals surface area (Å²) < 4.78 is 1.39. The van der Waals surface area contributed by atoms with Crippen LogP contribution in [0.1, 0.15) is 35.8 Å². The van der Waals surface area contributed by atoms with Crippen LogP contribution in [0.5, 0.6) is 0 Å². The third-order valence-electron chi connectivity index (χ3n) is 2.28. The molecule has 0 saturated carbocycles. The fourth-order valence-corrected chi connectivity index (χ4v) is 1.49. The van der Waals surface area contributed by atoms with Gasteiger partial charge in [0, 0.05) is 18.6 Å². The van der Waals surface area contributed by atoms with E-state index >= 15 is 0 Å². The third-order valence-corrected chi connectivity index (χ3v) is 2.28. The minimum absolute atomic E-state index is 0.0334. The first-order valence-corrected chi connectivity index (χ1v) is 5.20. The van der Waals surface area contributed by atoms with Crippen molar-refractivity contribution >= 4 is 5.97 Å². The van der Waals surface area contributed by atoms with Crippen molar-refractivity contribution in [3.63, 3.8) is 0 Å². The van der Waals surface area contributed by atoms with Crippen LogP contribution in [0.3, 0.4) is 0 Å². The number of rotatable bonds is 3. The van der Waals surface area contributed by atoms with Gasteiger partial charge in [0.05, 0.1) is 5.69 Å². The highest BCUT2D eigenvalue weighted by Gasteiger charge is 2.19. The molecule has 88 valence electrons. The summed E-state index contributed by atoms with van der Waals surface area (Å²) in [5.41, 5.74) is 0.720. The summed E-state index contributed by atoms with van der Waals surface area (Å²) in [6.45, 7) is 3.79. The molecule has 2 aromatic heterocycles. The van der Waals surface area contributed by atoms with Gasteiger partial charge < -0.3 is 5.11 Å².